The summed E-state index contributed by atoms with van der Waals surface area (Å²) in [7, 11) is -3.76. The lowest BCUT2D eigenvalue weighted by Crippen LogP contribution is -2.20. The van der Waals surface area contributed by atoms with Crippen molar-refractivity contribution in [2.75, 3.05) is 5.75 Å². The highest BCUT2D eigenvalue weighted by Crippen LogP contribution is 2.18. The van der Waals surface area contributed by atoms with E-state index in [2.05, 4.69) is 4.99 Å². The monoisotopic (exact) mass is 392 g/mol. The van der Waals surface area contributed by atoms with E-state index in [-0.39, 0.29) is 10.7 Å². The van der Waals surface area contributed by atoms with Gasteiger partial charge in [-0.2, -0.15) is 4.99 Å². The average Bonchev–Trinajstić information content (AvgIpc) is 2.90. The predicted octanol–water partition coefficient (Wildman–Crippen LogP) is 3.07. The topological polar surface area (TPSA) is 68.5 Å². The Labute approximate surface area is 154 Å². The largest absolute Gasteiger partial charge is 0.317 e. The van der Waals surface area contributed by atoms with Gasteiger partial charge in [-0.1, -0.05) is 29.0 Å². The van der Waals surface area contributed by atoms with Crippen LogP contribution < -0.4 is 4.80 Å². The van der Waals surface area contributed by atoms with E-state index in [1.54, 1.807) is 22.8 Å². The van der Waals surface area contributed by atoms with Crippen molar-refractivity contribution in [2.24, 2.45) is 4.99 Å². The zero-order valence-electron chi connectivity index (χ0n) is 14.3. The molecule has 0 bridgehead atoms. The molecule has 5 nitrogen and oxygen atoms in total. The molecule has 26 heavy (non-hydrogen) atoms. The molecule has 0 saturated heterocycles. The summed E-state index contributed by atoms with van der Waals surface area (Å²) < 4.78 is 40.6. The number of hydrogen-bond donors (Lipinski definition) is 0. The summed E-state index contributed by atoms with van der Waals surface area (Å²) in [6, 6.07) is 10.7. The van der Waals surface area contributed by atoms with Gasteiger partial charge in [0.25, 0.3) is 5.91 Å². The van der Waals surface area contributed by atoms with E-state index in [9.17, 15) is 17.6 Å². The fourth-order valence-corrected chi connectivity index (χ4v) is 4.81. The van der Waals surface area contributed by atoms with E-state index in [0.717, 1.165) is 22.4 Å². The van der Waals surface area contributed by atoms with Crippen LogP contribution in [0, 0.1) is 12.7 Å². The standard InChI is InChI=1S/C18H17FN2O3S2/c1-3-21-15-9-6-13(19)10-16(15)25-18(21)20-17(22)11-26(23,24)14-7-4-12(2)5-8-14/h4-10H,3,11H2,1-2H3. The lowest BCUT2D eigenvalue weighted by Gasteiger charge is -2.03. The first kappa shape index (κ1) is 18.5. The molecular formula is C18H17FN2O3S2. The van der Waals surface area contributed by atoms with Crippen molar-refractivity contribution in [1.29, 1.82) is 0 Å². The number of sulfone groups is 1. The van der Waals surface area contributed by atoms with Gasteiger partial charge in [-0.25, -0.2) is 12.8 Å². The Morgan fingerprint density at radius 3 is 2.54 bits per heavy atom. The third-order valence-electron chi connectivity index (χ3n) is 3.87. The number of nitrogens with zero attached hydrogens (tertiary/aromatic N) is 2. The number of halogens is 1. The number of amides is 1. The number of aryl methyl sites for hydroxylation is 2. The van der Waals surface area contributed by atoms with Gasteiger partial charge in [-0.15, -0.1) is 0 Å². The Bertz CT molecular complexity index is 1140. The molecule has 0 unspecified atom stereocenters. The van der Waals surface area contributed by atoms with Crippen LogP contribution in [0.1, 0.15) is 12.5 Å². The van der Waals surface area contributed by atoms with E-state index in [1.807, 2.05) is 13.8 Å². The molecule has 0 N–H and O–H groups in total. The van der Waals surface area contributed by atoms with Crippen molar-refractivity contribution in [1.82, 2.24) is 4.57 Å². The molecule has 0 radical (unpaired) electrons. The Hall–Kier alpha value is -2.32. The predicted molar refractivity (Wildman–Crippen MR) is 99.2 cm³/mol. The Morgan fingerprint density at radius 2 is 1.88 bits per heavy atom. The number of carbonyl (C=O) groups excluding carboxylic acids is 1. The Morgan fingerprint density at radius 1 is 1.19 bits per heavy atom. The normalized spacial score (nSPS) is 12.7. The Kier molecular flexibility index (Phi) is 5.06. The van der Waals surface area contributed by atoms with Gasteiger partial charge in [0.1, 0.15) is 11.6 Å². The maximum absolute atomic E-state index is 13.4. The summed E-state index contributed by atoms with van der Waals surface area (Å²) in [5.74, 6) is -1.83. The van der Waals surface area contributed by atoms with Crippen LogP contribution in [0.15, 0.2) is 52.4 Å². The van der Waals surface area contributed by atoms with Gasteiger partial charge in [0.05, 0.1) is 15.1 Å². The molecule has 136 valence electrons. The average molecular weight is 392 g/mol. The van der Waals surface area contributed by atoms with Crippen molar-refractivity contribution < 1.29 is 17.6 Å². The second kappa shape index (κ2) is 7.13. The first-order chi connectivity index (χ1) is 12.3. The molecule has 0 aliphatic rings. The van der Waals surface area contributed by atoms with Crippen LogP contribution in [0.5, 0.6) is 0 Å². The van der Waals surface area contributed by atoms with Gasteiger partial charge < -0.3 is 4.57 Å². The molecule has 2 aromatic carbocycles. The number of aromatic nitrogens is 1. The summed E-state index contributed by atoms with van der Waals surface area (Å²) in [4.78, 5) is 16.7. The minimum absolute atomic E-state index is 0.0911. The highest BCUT2D eigenvalue weighted by Gasteiger charge is 2.19. The lowest BCUT2D eigenvalue weighted by molar-refractivity contribution is -0.115. The zero-order chi connectivity index (χ0) is 18.9. The molecule has 8 heteroatoms. The molecule has 0 aliphatic carbocycles. The minimum Gasteiger partial charge on any atom is -0.317 e. The molecule has 1 heterocycles. The summed E-state index contributed by atoms with van der Waals surface area (Å²) >= 11 is 1.16. The van der Waals surface area contributed by atoms with Crippen molar-refractivity contribution >= 4 is 37.3 Å². The summed E-state index contributed by atoms with van der Waals surface area (Å²) in [5.41, 5.74) is 1.69. The van der Waals surface area contributed by atoms with E-state index in [4.69, 9.17) is 0 Å². The van der Waals surface area contributed by atoms with Crippen LogP contribution >= 0.6 is 11.3 Å². The molecule has 0 spiro atoms. The number of thiazole rings is 1. The second-order valence-electron chi connectivity index (χ2n) is 5.82. The van der Waals surface area contributed by atoms with Gasteiger partial charge in [-0.05, 0) is 44.2 Å². The van der Waals surface area contributed by atoms with Gasteiger partial charge >= 0.3 is 0 Å². The van der Waals surface area contributed by atoms with Crippen LogP contribution in [-0.4, -0.2) is 24.6 Å². The van der Waals surface area contributed by atoms with E-state index in [0.29, 0.717) is 16.0 Å². The minimum atomic E-state index is -3.76. The third kappa shape index (κ3) is 3.76. The van der Waals surface area contributed by atoms with Crippen molar-refractivity contribution in [3.8, 4) is 0 Å². The summed E-state index contributed by atoms with van der Waals surface area (Å²) in [5, 5.41) is 0. The maximum Gasteiger partial charge on any atom is 0.263 e. The SMILES string of the molecule is CCn1c(=NC(=O)CS(=O)(=O)c2ccc(C)cc2)sc2cc(F)ccc21. The van der Waals surface area contributed by atoms with E-state index in [1.165, 1.54) is 24.3 Å². The molecule has 0 saturated carbocycles. The van der Waals surface area contributed by atoms with Gasteiger partial charge in [0.15, 0.2) is 14.6 Å². The molecular weight excluding hydrogens is 375 g/mol. The second-order valence-corrected chi connectivity index (χ2v) is 8.82. The number of carbonyl (C=O) groups is 1. The molecule has 3 aromatic rings. The fourth-order valence-electron chi connectivity index (χ4n) is 2.57. The molecule has 1 amide bonds. The number of fused-ring (bicyclic) bond motifs is 1. The Balaban J connectivity index is 1.96. The van der Waals surface area contributed by atoms with Crippen molar-refractivity contribution in [3.05, 3.63) is 58.6 Å². The lowest BCUT2D eigenvalue weighted by atomic mass is 10.2. The summed E-state index contributed by atoms with van der Waals surface area (Å²) in [6.45, 7) is 4.26. The van der Waals surface area contributed by atoms with Crippen LogP contribution in [0.25, 0.3) is 10.2 Å². The van der Waals surface area contributed by atoms with Crippen LogP contribution in [0.3, 0.4) is 0 Å². The van der Waals surface area contributed by atoms with Gasteiger partial charge in [-0.3, -0.25) is 4.79 Å². The maximum atomic E-state index is 13.4. The van der Waals surface area contributed by atoms with Crippen LogP contribution in [-0.2, 0) is 21.2 Å². The van der Waals surface area contributed by atoms with Gasteiger partial charge in [0.2, 0.25) is 0 Å². The van der Waals surface area contributed by atoms with E-state index < -0.39 is 21.5 Å². The van der Waals surface area contributed by atoms with E-state index >= 15 is 0 Å². The zero-order valence-corrected chi connectivity index (χ0v) is 15.9. The fraction of sp³-hybridized carbons (Fsp3) is 0.222. The molecule has 3 rings (SSSR count). The smallest absolute Gasteiger partial charge is 0.263 e. The third-order valence-corrected chi connectivity index (χ3v) is 6.53. The first-order valence-electron chi connectivity index (χ1n) is 7.96. The van der Waals surface area contributed by atoms with Crippen LogP contribution in [0.4, 0.5) is 4.39 Å². The van der Waals surface area contributed by atoms with Crippen molar-refractivity contribution in [2.45, 2.75) is 25.3 Å². The highest BCUT2D eigenvalue weighted by atomic mass is 32.2. The van der Waals surface area contributed by atoms with Crippen LogP contribution in [0.2, 0.25) is 0 Å². The summed E-state index contributed by atoms with van der Waals surface area (Å²) in [6.07, 6.45) is 0. The number of hydrogen-bond acceptors (Lipinski definition) is 4. The molecule has 1 aromatic heterocycles. The highest BCUT2D eigenvalue weighted by molar-refractivity contribution is 7.92. The quantitative estimate of drug-likeness (QED) is 0.685. The first-order valence-corrected chi connectivity index (χ1v) is 10.4. The van der Waals surface area contributed by atoms with Gasteiger partial charge in [0, 0.05) is 6.54 Å². The number of benzene rings is 2. The molecule has 0 atom stereocenters. The number of rotatable bonds is 4. The molecule has 0 fully saturated rings. The van der Waals surface area contributed by atoms with Crippen molar-refractivity contribution in [3.63, 3.8) is 0 Å². The molecule has 0 aliphatic heterocycles.